The molecule has 6 heteroatoms. The van der Waals surface area contributed by atoms with Crippen molar-refractivity contribution in [1.29, 1.82) is 0 Å². The molecule has 1 rings (SSSR count). The van der Waals surface area contributed by atoms with Gasteiger partial charge in [-0.2, -0.15) is 5.10 Å². The molecule has 0 fully saturated rings. The molecule has 0 aliphatic carbocycles. The summed E-state index contributed by atoms with van der Waals surface area (Å²) in [6.45, 7) is 17.6. The Morgan fingerprint density at radius 3 is 2.35 bits per heavy atom. The van der Waals surface area contributed by atoms with Gasteiger partial charge >= 0.3 is 0 Å². The standard InChI is InChI=1S/C20H36N4O2/c1-9-23(13-18(25)21-20(6,7)8)19(26)11-10-17-15(4)22-24(16(17)5)12-14(2)3/h14H,9-13H2,1-8H3,(H,21,25). The molecule has 0 bridgehead atoms. The highest BCUT2D eigenvalue weighted by molar-refractivity contribution is 5.85. The summed E-state index contributed by atoms with van der Waals surface area (Å²) in [5.41, 5.74) is 2.98. The number of nitrogens with zero attached hydrogens (tertiary/aromatic N) is 3. The van der Waals surface area contributed by atoms with Crippen molar-refractivity contribution in [3.63, 3.8) is 0 Å². The van der Waals surface area contributed by atoms with Gasteiger partial charge < -0.3 is 10.2 Å². The highest BCUT2D eigenvalue weighted by atomic mass is 16.2. The minimum atomic E-state index is -0.293. The second-order valence-electron chi connectivity index (χ2n) is 8.43. The van der Waals surface area contributed by atoms with Crippen LogP contribution in [0.15, 0.2) is 0 Å². The highest BCUT2D eigenvalue weighted by Gasteiger charge is 2.20. The summed E-state index contributed by atoms with van der Waals surface area (Å²) in [7, 11) is 0. The monoisotopic (exact) mass is 364 g/mol. The van der Waals surface area contributed by atoms with Crippen molar-refractivity contribution in [2.75, 3.05) is 13.1 Å². The molecule has 0 atom stereocenters. The molecule has 1 aromatic rings. The molecule has 2 amide bonds. The van der Waals surface area contributed by atoms with Crippen molar-refractivity contribution < 1.29 is 9.59 Å². The number of hydrogen-bond donors (Lipinski definition) is 1. The second-order valence-corrected chi connectivity index (χ2v) is 8.43. The van der Waals surface area contributed by atoms with Gasteiger partial charge in [0, 0.05) is 30.7 Å². The van der Waals surface area contributed by atoms with Gasteiger partial charge in [-0.05, 0) is 59.4 Å². The predicted molar refractivity (Wildman–Crippen MR) is 105 cm³/mol. The molecule has 0 aliphatic rings. The molecule has 148 valence electrons. The Kier molecular flexibility index (Phi) is 7.85. The fourth-order valence-corrected chi connectivity index (χ4v) is 3.02. The van der Waals surface area contributed by atoms with Crippen LogP contribution < -0.4 is 5.32 Å². The van der Waals surface area contributed by atoms with E-state index in [1.807, 2.05) is 39.3 Å². The molecule has 0 saturated heterocycles. The van der Waals surface area contributed by atoms with E-state index in [9.17, 15) is 9.59 Å². The third kappa shape index (κ3) is 6.81. The zero-order valence-corrected chi connectivity index (χ0v) is 17.8. The molecule has 0 saturated carbocycles. The van der Waals surface area contributed by atoms with Crippen LogP contribution in [0.5, 0.6) is 0 Å². The molecule has 0 unspecified atom stereocenters. The molecule has 26 heavy (non-hydrogen) atoms. The van der Waals surface area contributed by atoms with Crippen LogP contribution in [0.4, 0.5) is 0 Å². The minimum absolute atomic E-state index is 0.00645. The van der Waals surface area contributed by atoms with Crippen LogP contribution in [0.2, 0.25) is 0 Å². The Morgan fingerprint density at radius 1 is 1.23 bits per heavy atom. The lowest BCUT2D eigenvalue weighted by molar-refractivity contribution is -0.136. The Hall–Kier alpha value is -1.85. The lowest BCUT2D eigenvalue weighted by atomic mass is 10.1. The van der Waals surface area contributed by atoms with E-state index in [1.54, 1.807) is 4.90 Å². The molecule has 1 aromatic heterocycles. The van der Waals surface area contributed by atoms with E-state index >= 15 is 0 Å². The lowest BCUT2D eigenvalue weighted by Crippen LogP contribution is -2.47. The summed E-state index contributed by atoms with van der Waals surface area (Å²) in [4.78, 5) is 26.3. The van der Waals surface area contributed by atoms with Gasteiger partial charge in [0.1, 0.15) is 0 Å². The van der Waals surface area contributed by atoms with Gasteiger partial charge in [-0.1, -0.05) is 13.8 Å². The summed E-state index contributed by atoms with van der Waals surface area (Å²) in [5, 5.41) is 7.52. The Morgan fingerprint density at radius 2 is 1.85 bits per heavy atom. The molecular weight excluding hydrogens is 328 g/mol. The van der Waals surface area contributed by atoms with Crippen molar-refractivity contribution >= 4 is 11.8 Å². The molecule has 6 nitrogen and oxygen atoms in total. The van der Waals surface area contributed by atoms with E-state index in [-0.39, 0.29) is 23.9 Å². The maximum atomic E-state index is 12.6. The zero-order chi connectivity index (χ0) is 20.1. The van der Waals surface area contributed by atoms with E-state index < -0.39 is 0 Å². The molecule has 0 spiro atoms. The van der Waals surface area contributed by atoms with Gasteiger partial charge in [-0.25, -0.2) is 0 Å². The topological polar surface area (TPSA) is 67.2 Å². The summed E-state index contributed by atoms with van der Waals surface area (Å²) in [6, 6.07) is 0. The summed E-state index contributed by atoms with van der Waals surface area (Å²) >= 11 is 0. The first-order valence-corrected chi connectivity index (χ1v) is 9.56. The third-order valence-electron chi connectivity index (χ3n) is 4.24. The molecule has 0 aliphatic heterocycles. The first-order valence-electron chi connectivity index (χ1n) is 9.56. The van der Waals surface area contributed by atoms with Gasteiger partial charge in [0.05, 0.1) is 12.2 Å². The number of rotatable bonds is 8. The summed E-state index contributed by atoms with van der Waals surface area (Å²) in [6.07, 6.45) is 1.05. The zero-order valence-electron chi connectivity index (χ0n) is 17.8. The van der Waals surface area contributed by atoms with E-state index in [4.69, 9.17) is 0 Å². The average molecular weight is 365 g/mol. The Labute approximate surface area is 158 Å². The van der Waals surface area contributed by atoms with E-state index in [2.05, 4.69) is 31.2 Å². The molecule has 1 heterocycles. The first-order chi connectivity index (χ1) is 11.9. The quantitative estimate of drug-likeness (QED) is 0.771. The Balaban J connectivity index is 2.69. The SMILES string of the molecule is CCN(CC(=O)NC(C)(C)C)C(=O)CCc1c(C)nn(CC(C)C)c1C. The Bertz CT molecular complexity index is 626. The average Bonchev–Trinajstić information content (AvgIpc) is 2.74. The lowest BCUT2D eigenvalue weighted by Gasteiger charge is -2.25. The third-order valence-corrected chi connectivity index (χ3v) is 4.24. The van der Waals surface area contributed by atoms with Crippen LogP contribution >= 0.6 is 0 Å². The minimum Gasteiger partial charge on any atom is -0.350 e. The predicted octanol–water partition coefficient (Wildman–Crippen LogP) is 2.85. The normalized spacial score (nSPS) is 11.7. The van der Waals surface area contributed by atoms with Crippen LogP contribution in [-0.2, 0) is 22.6 Å². The number of likely N-dealkylation sites (N-methyl/N-ethyl adjacent to an activating group) is 1. The fourth-order valence-electron chi connectivity index (χ4n) is 3.02. The van der Waals surface area contributed by atoms with Crippen molar-refractivity contribution in [2.45, 2.75) is 80.3 Å². The van der Waals surface area contributed by atoms with Crippen LogP contribution in [0.3, 0.4) is 0 Å². The van der Waals surface area contributed by atoms with Crippen LogP contribution in [0, 0.1) is 19.8 Å². The molecule has 0 aromatic carbocycles. The van der Waals surface area contributed by atoms with Crippen LogP contribution in [-0.4, -0.2) is 45.1 Å². The molecular formula is C20H36N4O2. The summed E-state index contributed by atoms with van der Waals surface area (Å²) in [5.74, 6) is 0.413. The fraction of sp³-hybridized carbons (Fsp3) is 0.750. The maximum absolute atomic E-state index is 12.6. The van der Waals surface area contributed by atoms with Gasteiger partial charge in [-0.15, -0.1) is 0 Å². The van der Waals surface area contributed by atoms with Crippen molar-refractivity contribution in [1.82, 2.24) is 20.0 Å². The van der Waals surface area contributed by atoms with Crippen molar-refractivity contribution in [3.8, 4) is 0 Å². The largest absolute Gasteiger partial charge is 0.350 e. The number of hydrogen-bond acceptors (Lipinski definition) is 3. The molecule has 1 N–H and O–H groups in total. The number of aryl methyl sites for hydroxylation is 1. The van der Waals surface area contributed by atoms with E-state index in [0.717, 1.165) is 23.5 Å². The number of carbonyl (C=O) groups excluding carboxylic acids is 2. The smallest absolute Gasteiger partial charge is 0.240 e. The van der Waals surface area contributed by atoms with Gasteiger partial charge in [0.2, 0.25) is 11.8 Å². The van der Waals surface area contributed by atoms with Crippen molar-refractivity contribution in [2.24, 2.45) is 5.92 Å². The highest BCUT2D eigenvalue weighted by Crippen LogP contribution is 2.17. The van der Waals surface area contributed by atoms with Crippen molar-refractivity contribution in [3.05, 3.63) is 17.0 Å². The van der Waals surface area contributed by atoms with Gasteiger partial charge in [0.25, 0.3) is 0 Å². The second kappa shape index (κ2) is 9.19. The first kappa shape index (κ1) is 22.2. The van der Waals surface area contributed by atoms with E-state index in [1.165, 1.54) is 0 Å². The van der Waals surface area contributed by atoms with Crippen LogP contribution in [0.25, 0.3) is 0 Å². The van der Waals surface area contributed by atoms with Gasteiger partial charge in [0.15, 0.2) is 0 Å². The number of nitrogens with one attached hydrogen (secondary N) is 1. The van der Waals surface area contributed by atoms with E-state index in [0.29, 0.717) is 25.3 Å². The number of carbonyl (C=O) groups is 2. The van der Waals surface area contributed by atoms with Gasteiger partial charge in [-0.3, -0.25) is 14.3 Å². The summed E-state index contributed by atoms with van der Waals surface area (Å²) < 4.78 is 2.04. The van der Waals surface area contributed by atoms with Crippen LogP contribution in [0.1, 0.15) is 64.9 Å². The number of aromatic nitrogens is 2. The maximum Gasteiger partial charge on any atom is 0.240 e. The number of amides is 2. The molecule has 0 radical (unpaired) electrons.